The van der Waals surface area contributed by atoms with E-state index in [1.54, 1.807) is 0 Å². The minimum absolute atomic E-state index is 0.0620. The van der Waals surface area contributed by atoms with Gasteiger partial charge in [0.2, 0.25) is 0 Å². The average molecular weight is 298 g/mol. The van der Waals surface area contributed by atoms with Crippen LogP contribution < -0.4 is 4.74 Å². The number of hydrogen-bond acceptors (Lipinski definition) is 2. The SMILES string of the molecule is O=C(Cc1ccccc1F)Oc1ccccc1C(F)(F)F. The highest BCUT2D eigenvalue weighted by molar-refractivity contribution is 5.75. The molecule has 0 radical (unpaired) electrons. The normalized spacial score (nSPS) is 11.2. The average Bonchev–Trinajstić information content (AvgIpc) is 2.41. The second-order valence-corrected chi connectivity index (χ2v) is 4.24. The predicted molar refractivity (Wildman–Crippen MR) is 67.2 cm³/mol. The maximum atomic E-state index is 13.4. The largest absolute Gasteiger partial charge is 0.426 e. The van der Waals surface area contributed by atoms with Gasteiger partial charge in [-0.1, -0.05) is 30.3 Å². The monoisotopic (exact) mass is 298 g/mol. The van der Waals surface area contributed by atoms with Gasteiger partial charge in [0, 0.05) is 0 Å². The van der Waals surface area contributed by atoms with E-state index in [9.17, 15) is 22.4 Å². The summed E-state index contributed by atoms with van der Waals surface area (Å²) in [5.74, 6) is -2.17. The summed E-state index contributed by atoms with van der Waals surface area (Å²) in [6.45, 7) is 0. The number of halogens is 4. The van der Waals surface area contributed by atoms with Crippen LogP contribution in [0.2, 0.25) is 0 Å². The van der Waals surface area contributed by atoms with Gasteiger partial charge in [-0.25, -0.2) is 4.39 Å². The smallest absolute Gasteiger partial charge is 0.419 e. The van der Waals surface area contributed by atoms with Gasteiger partial charge in [0.1, 0.15) is 11.6 Å². The molecule has 0 spiro atoms. The summed E-state index contributed by atoms with van der Waals surface area (Å²) in [5.41, 5.74) is -0.987. The molecule has 2 nitrogen and oxygen atoms in total. The topological polar surface area (TPSA) is 26.3 Å². The molecule has 0 unspecified atom stereocenters. The van der Waals surface area contributed by atoms with Gasteiger partial charge in [-0.3, -0.25) is 4.79 Å². The van der Waals surface area contributed by atoms with Crippen molar-refractivity contribution in [3.8, 4) is 5.75 Å². The van der Waals surface area contributed by atoms with E-state index in [4.69, 9.17) is 4.74 Å². The summed E-state index contributed by atoms with van der Waals surface area (Å²) in [6.07, 6.45) is -5.08. The van der Waals surface area contributed by atoms with Crippen LogP contribution in [0.3, 0.4) is 0 Å². The third-order valence-electron chi connectivity index (χ3n) is 2.71. The van der Waals surface area contributed by atoms with Gasteiger partial charge in [0.25, 0.3) is 0 Å². The minimum Gasteiger partial charge on any atom is -0.426 e. The Morgan fingerprint density at radius 1 is 1.00 bits per heavy atom. The maximum absolute atomic E-state index is 13.4. The lowest BCUT2D eigenvalue weighted by atomic mass is 10.1. The second kappa shape index (κ2) is 5.95. The van der Waals surface area contributed by atoms with E-state index < -0.39 is 35.7 Å². The zero-order valence-electron chi connectivity index (χ0n) is 10.7. The number of esters is 1. The Labute approximate surface area is 118 Å². The molecule has 0 heterocycles. The lowest BCUT2D eigenvalue weighted by Crippen LogP contribution is -2.15. The van der Waals surface area contributed by atoms with Crippen LogP contribution in [0.5, 0.6) is 5.75 Å². The molecule has 0 bridgehead atoms. The van der Waals surface area contributed by atoms with Crippen LogP contribution in [-0.4, -0.2) is 5.97 Å². The van der Waals surface area contributed by atoms with Gasteiger partial charge in [-0.2, -0.15) is 13.2 Å². The number of para-hydroxylation sites is 1. The van der Waals surface area contributed by atoms with Crippen molar-refractivity contribution < 1.29 is 27.1 Å². The van der Waals surface area contributed by atoms with Crippen molar-refractivity contribution in [2.45, 2.75) is 12.6 Å². The molecule has 0 fully saturated rings. The number of ether oxygens (including phenoxy) is 1. The van der Waals surface area contributed by atoms with Crippen LogP contribution in [-0.2, 0) is 17.4 Å². The molecule has 0 aliphatic rings. The molecule has 2 rings (SSSR count). The van der Waals surface area contributed by atoms with Crippen LogP contribution in [0, 0.1) is 5.82 Å². The molecule has 110 valence electrons. The minimum atomic E-state index is -4.63. The van der Waals surface area contributed by atoms with E-state index in [1.165, 1.54) is 30.3 Å². The van der Waals surface area contributed by atoms with Gasteiger partial charge in [0.15, 0.2) is 0 Å². The lowest BCUT2D eigenvalue weighted by molar-refractivity contribution is -0.142. The van der Waals surface area contributed by atoms with Gasteiger partial charge in [-0.15, -0.1) is 0 Å². The summed E-state index contributed by atoms with van der Waals surface area (Å²) in [4.78, 5) is 11.7. The highest BCUT2D eigenvalue weighted by Gasteiger charge is 2.34. The lowest BCUT2D eigenvalue weighted by Gasteiger charge is -2.12. The van der Waals surface area contributed by atoms with E-state index in [0.29, 0.717) is 0 Å². The molecular formula is C15H10F4O2. The molecular weight excluding hydrogens is 288 g/mol. The Kier molecular flexibility index (Phi) is 4.26. The van der Waals surface area contributed by atoms with Crippen LogP contribution in [0.4, 0.5) is 17.6 Å². The van der Waals surface area contributed by atoms with Gasteiger partial charge >= 0.3 is 12.1 Å². The molecule has 0 saturated carbocycles. The van der Waals surface area contributed by atoms with Crippen molar-refractivity contribution in [2.75, 3.05) is 0 Å². The van der Waals surface area contributed by atoms with Gasteiger partial charge in [-0.05, 0) is 23.8 Å². The van der Waals surface area contributed by atoms with E-state index in [2.05, 4.69) is 0 Å². The van der Waals surface area contributed by atoms with Crippen molar-refractivity contribution in [1.29, 1.82) is 0 Å². The van der Waals surface area contributed by atoms with Gasteiger partial charge in [0.05, 0.1) is 12.0 Å². The predicted octanol–water partition coefficient (Wildman–Crippen LogP) is 3.99. The number of carbonyl (C=O) groups excluding carboxylic acids is 1. The van der Waals surface area contributed by atoms with E-state index >= 15 is 0 Å². The third-order valence-corrected chi connectivity index (χ3v) is 2.71. The molecule has 2 aromatic carbocycles. The number of hydrogen-bond donors (Lipinski definition) is 0. The first kappa shape index (κ1) is 15.0. The Hall–Kier alpha value is -2.37. The summed E-state index contributed by atoms with van der Waals surface area (Å²) < 4.78 is 56.3. The molecule has 0 N–H and O–H groups in total. The van der Waals surface area contributed by atoms with Crippen LogP contribution in [0.1, 0.15) is 11.1 Å². The Morgan fingerprint density at radius 3 is 2.29 bits per heavy atom. The number of benzene rings is 2. The standard InChI is InChI=1S/C15H10F4O2/c16-12-7-3-1-5-10(12)9-14(20)21-13-8-4-2-6-11(13)15(17,18)19/h1-8H,9H2. The first-order valence-corrected chi connectivity index (χ1v) is 5.98. The first-order chi connectivity index (χ1) is 9.88. The number of alkyl halides is 3. The van der Waals surface area contributed by atoms with Crippen molar-refractivity contribution in [2.24, 2.45) is 0 Å². The van der Waals surface area contributed by atoms with Gasteiger partial charge < -0.3 is 4.74 Å². The fraction of sp³-hybridized carbons (Fsp3) is 0.133. The zero-order valence-corrected chi connectivity index (χ0v) is 10.7. The quantitative estimate of drug-likeness (QED) is 0.486. The highest BCUT2D eigenvalue weighted by atomic mass is 19.4. The maximum Gasteiger partial charge on any atom is 0.419 e. The molecule has 2 aromatic rings. The highest BCUT2D eigenvalue weighted by Crippen LogP contribution is 2.36. The summed E-state index contributed by atoms with van der Waals surface area (Å²) in [7, 11) is 0. The van der Waals surface area contributed by atoms with Crippen molar-refractivity contribution in [3.05, 3.63) is 65.5 Å². The van der Waals surface area contributed by atoms with Crippen molar-refractivity contribution >= 4 is 5.97 Å². The molecule has 0 aliphatic carbocycles. The Balaban J connectivity index is 2.16. The summed E-state index contributed by atoms with van der Waals surface area (Å²) >= 11 is 0. The first-order valence-electron chi connectivity index (χ1n) is 5.98. The molecule has 6 heteroatoms. The van der Waals surface area contributed by atoms with Crippen LogP contribution in [0.25, 0.3) is 0 Å². The van der Waals surface area contributed by atoms with E-state index in [1.807, 2.05) is 0 Å². The fourth-order valence-electron chi connectivity index (χ4n) is 1.75. The number of carbonyl (C=O) groups is 1. The van der Waals surface area contributed by atoms with Crippen LogP contribution >= 0.6 is 0 Å². The molecule has 0 aliphatic heterocycles. The van der Waals surface area contributed by atoms with Crippen molar-refractivity contribution in [1.82, 2.24) is 0 Å². The second-order valence-electron chi connectivity index (χ2n) is 4.24. The van der Waals surface area contributed by atoms with E-state index in [-0.39, 0.29) is 5.56 Å². The molecule has 0 amide bonds. The number of rotatable bonds is 3. The fourth-order valence-corrected chi connectivity index (χ4v) is 1.75. The molecule has 21 heavy (non-hydrogen) atoms. The third kappa shape index (κ3) is 3.81. The Morgan fingerprint density at radius 2 is 1.62 bits per heavy atom. The zero-order chi connectivity index (χ0) is 15.5. The molecule has 0 saturated heterocycles. The molecule has 0 aromatic heterocycles. The van der Waals surface area contributed by atoms with Crippen LogP contribution in [0.15, 0.2) is 48.5 Å². The van der Waals surface area contributed by atoms with E-state index in [0.717, 1.165) is 18.2 Å². The molecule has 0 atom stereocenters. The Bertz CT molecular complexity index is 650. The van der Waals surface area contributed by atoms with Crippen molar-refractivity contribution in [3.63, 3.8) is 0 Å². The summed E-state index contributed by atoms with van der Waals surface area (Å²) in [5, 5.41) is 0. The summed E-state index contributed by atoms with van der Waals surface area (Å²) in [6, 6.07) is 9.86.